The Bertz CT molecular complexity index is 1030. The molecule has 0 bridgehead atoms. The summed E-state index contributed by atoms with van der Waals surface area (Å²) < 4.78 is 41.8. The molecule has 0 amide bonds. The second kappa shape index (κ2) is 7.15. The number of allylic oxidation sites excluding steroid dienone is 1. The lowest BCUT2D eigenvalue weighted by molar-refractivity contribution is -0.0498. The van der Waals surface area contributed by atoms with Gasteiger partial charge in [0.2, 0.25) is 5.78 Å². The standard InChI is InChI=1S/C19H11F3N2O2/c20-13-3-6-15-16(10-24-17(15)8-13)18(25)12(9-23)7-11-1-4-14(5-2-11)26-19(21)22/h1-8,10,19,24H. The lowest BCUT2D eigenvalue weighted by Crippen LogP contribution is -2.02. The molecule has 1 aromatic heterocycles. The summed E-state index contributed by atoms with van der Waals surface area (Å²) in [5, 5.41) is 9.81. The van der Waals surface area contributed by atoms with Gasteiger partial charge in [0.1, 0.15) is 23.2 Å². The number of Topliss-reactive ketones (excluding diaryl/α,β-unsaturated/α-hetero) is 1. The van der Waals surface area contributed by atoms with Crippen molar-refractivity contribution in [1.82, 2.24) is 4.98 Å². The second-order valence-corrected chi connectivity index (χ2v) is 5.34. The smallest absolute Gasteiger partial charge is 0.387 e. The number of nitrogens with one attached hydrogen (secondary N) is 1. The summed E-state index contributed by atoms with van der Waals surface area (Å²) in [6, 6.07) is 11.3. The number of aromatic amines is 1. The number of fused-ring (bicyclic) bond motifs is 1. The Morgan fingerprint density at radius 1 is 1.19 bits per heavy atom. The first-order valence-corrected chi connectivity index (χ1v) is 7.46. The molecular formula is C19H11F3N2O2. The van der Waals surface area contributed by atoms with E-state index in [2.05, 4.69) is 9.72 Å². The molecule has 0 aliphatic heterocycles. The SMILES string of the molecule is N#CC(=Cc1ccc(OC(F)F)cc1)C(=O)c1c[nH]c2cc(F)ccc12. The van der Waals surface area contributed by atoms with Crippen LogP contribution in [0.4, 0.5) is 13.2 Å². The molecule has 0 fully saturated rings. The van der Waals surface area contributed by atoms with Gasteiger partial charge in [-0.05, 0) is 42.0 Å². The van der Waals surface area contributed by atoms with Crippen molar-refractivity contribution < 1.29 is 22.7 Å². The van der Waals surface area contributed by atoms with Gasteiger partial charge in [-0.2, -0.15) is 14.0 Å². The molecule has 0 unspecified atom stereocenters. The number of benzene rings is 2. The van der Waals surface area contributed by atoms with Gasteiger partial charge >= 0.3 is 6.61 Å². The minimum atomic E-state index is -2.93. The van der Waals surface area contributed by atoms with Crippen LogP contribution in [0.2, 0.25) is 0 Å². The lowest BCUT2D eigenvalue weighted by atomic mass is 10.0. The van der Waals surface area contributed by atoms with E-state index in [9.17, 15) is 23.2 Å². The summed E-state index contributed by atoms with van der Waals surface area (Å²) in [7, 11) is 0. The fraction of sp³-hybridized carbons (Fsp3) is 0.0526. The van der Waals surface area contributed by atoms with Gasteiger partial charge in [0.25, 0.3) is 0 Å². The molecule has 1 heterocycles. The molecule has 0 atom stereocenters. The predicted octanol–water partition coefficient (Wildman–Crippen LogP) is 4.70. The van der Waals surface area contributed by atoms with Crippen molar-refractivity contribution in [2.24, 2.45) is 0 Å². The average molecular weight is 356 g/mol. The molecule has 2 aromatic carbocycles. The third-order valence-electron chi connectivity index (χ3n) is 3.67. The molecule has 0 spiro atoms. The predicted molar refractivity (Wildman–Crippen MR) is 89.3 cm³/mol. The van der Waals surface area contributed by atoms with Gasteiger partial charge in [-0.3, -0.25) is 4.79 Å². The van der Waals surface area contributed by atoms with Crippen molar-refractivity contribution in [1.29, 1.82) is 5.26 Å². The van der Waals surface area contributed by atoms with Crippen molar-refractivity contribution in [3.63, 3.8) is 0 Å². The van der Waals surface area contributed by atoms with Crippen molar-refractivity contribution >= 4 is 22.8 Å². The molecule has 7 heteroatoms. The van der Waals surface area contributed by atoms with Gasteiger partial charge in [-0.1, -0.05) is 12.1 Å². The Morgan fingerprint density at radius 3 is 2.58 bits per heavy atom. The fourth-order valence-electron chi connectivity index (χ4n) is 2.49. The molecule has 4 nitrogen and oxygen atoms in total. The van der Waals surface area contributed by atoms with E-state index in [0.717, 1.165) is 0 Å². The molecule has 26 heavy (non-hydrogen) atoms. The molecule has 0 aliphatic rings. The number of aromatic nitrogens is 1. The number of rotatable bonds is 5. The van der Waals surface area contributed by atoms with E-state index in [1.165, 1.54) is 54.7 Å². The van der Waals surface area contributed by atoms with Crippen molar-refractivity contribution in [3.05, 3.63) is 71.2 Å². The maximum Gasteiger partial charge on any atom is 0.387 e. The zero-order chi connectivity index (χ0) is 18.7. The van der Waals surface area contributed by atoms with Crippen molar-refractivity contribution in [2.75, 3.05) is 0 Å². The highest BCUT2D eigenvalue weighted by Crippen LogP contribution is 2.23. The highest BCUT2D eigenvalue weighted by atomic mass is 19.3. The molecule has 0 saturated carbocycles. The van der Waals surface area contributed by atoms with Crippen molar-refractivity contribution in [2.45, 2.75) is 6.61 Å². The zero-order valence-corrected chi connectivity index (χ0v) is 13.2. The molecule has 0 saturated heterocycles. The van der Waals surface area contributed by atoms with Crippen LogP contribution >= 0.6 is 0 Å². The Morgan fingerprint density at radius 2 is 1.92 bits per heavy atom. The highest BCUT2D eigenvalue weighted by Gasteiger charge is 2.17. The minimum Gasteiger partial charge on any atom is -0.435 e. The summed E-state index contributed by atoms with van der Waals surface area (Å²) in [6.07, 6.45) is 2.76. The normalized spacial score (nSPS) is 11.6. The number of nitrogens with zero attached hydrogens (tertiary/aromatic N) is 1. The molecule has 0 aliphatic carbocycles. The monoisotopic (exact) mass is 356 g/mol. The number of halogens is 3. The summed E-state index contributed by atoms with van der Waals surface area (Å²) in [4.78, 5) is 15.4. The highest BCUT2D eigenvalue weighted by molar-refractivity contribution is 6.19. The van der Waals surface area contributed by atoms with Crippen LogP contribution in [-0.4, -0.2) is 17.4 Å². The van der Waals surface area contributed by atoms with Crippen LogP contribution in [0.1, 0.15) is 15.9 Å². The van der Waals surface area contributed by atoms with Gasteiger partial charge in [0.05, 0.1) is 0 Å². The number of H-pyrrole nitrogens is 1. The van der Waals surface area contributed by atoms with E-state index < -0.39 is 18.2 Å². The molecular weight excluding hydrogens is 345 g/mol. The van der Waals surface area contributed by atoms with Crippen molar-refractivity contribution in [3.8, 4) is 11.8 Å². The molecule has 1 N–H and O–H groups in total. The van der Waals surface area contributed by atoms with E-state index in [4.69, 9.17) is 0 Å². The van der Waals surface area contributed by atoms with E-state index in [1.54, 1.807) is 0 Å². The first kappa shape index (κ1) is 17.3. The van der Waals surface area contributed by atoms with Crippen LogP contribution in [0.15, 0.2) is 54.2 Å². The van der Waals surface area contributed by atoms with E-state index >= 15 is 0 Å². The van der Waals surface area contributed by atoms with Crippen LogP contribution in [0.3, 0.4) is 0 Å². The minimum absolute atomic E-state index is 0.0272. The van der Waals surface area contributed by atoms with Crippen LogP contribution in [-0.2, 0) is 0 Å². The lowest BCUT2D eigenvalue weighted by Gasteiger charge is -2.04. The summed E-state index contributed by atoms with van der Waals surface area (Å²) in [5.41, 5.74) is 1.02. The van der Waals surface area contributed by atoms with Gasteiger partial charge < -0.3 is 9.72 Å². The first-order chi connectivity index (χ1) is 12.5. The number of carbonyl (C=O) groups excluding carboxylic acids is 1. The Labute approximate surface area is 146 Å². The summed E-state index contributed by atoms with van der Waals surface area (Å²) in [6.45, 7) is -2.93. The van der Waals surface area contributed by atoms with E-state index in [-0.39, 0.29) is 16.9 Å². The third-order valence-corrected chi connectivity index (χ3v) is 3.67. The zero-order valence-electron chi connectivity index (χ0n) is 13.2. The molecule has 0 radical (unpaired) electrons. The number of hydrogen-bond acceptors (Lipinski definition) is 3. The van der Waals surface area contributed by atoms with Gasteiger partial charge in [0, 0.05) is 22.7 Å². The summed E-state index contributed by atoms with van der Waals surface area (Å²) in [5.74, 6) is -1.00. The second-order valence-electron chi connectivity index (χ2n) is 5.34. The van der Waals surface area contributed by atoms with Gasteiger partial charge in [-0.25, -0.2) is 4.39 Å². The maximum absolute atomic E-state index is 13.2. The fourth-order valence-corrected chi connectivity index (χ4v) is 2.49. The van der Waals surface area contributed by atoms with Gasteiger partial charge in [-0.15, -0.1) is 0 Å². The van der Waals surface area contributed by atoms with Crippen LogP contribution in [0, 0.1) is 17.1 Å². The van der Waals surface area contributed by atoms with Crippen LogP contribution < -0.4 is 4.74 Å². The van der Waals surface area contributed by atoms with E-state index in [0.29, 0.717) is 16.5 Å². The number of ether oxygens (including phenoxy) is 1. The van der Waals surface area contributed by atoms with Crippen LogP contribution in [0.25, 0.3) is 17.0 Å². The molecule has 3 rings (SSSR count). The third kappa shape index (κ3) is 3.59. The molecule has 3 aromatic rings. The Balaban J connectivity index is 1.91. The number of alkyl halides is 2. The van der Waals surface area contributed by atoms with E-state index in [1.807, 2.05) is 6.07 Å². The quantitative estimate of drug-likeness (QED) is 0.409. The first-order valence-electron chi connectivity index (χ1n) is 7.46. The maximum atomic E-state index is 13.2. The number of nitriles is 1. The number of hydrogen-bond donors (Lipinski definition) is 1. The number of ketones is 1. The Hall–Kier alpha value is -3.53. The summed E-state index contributed by atoms with van der Waals surface area (Å²) >= 11 is 0. The molecule has 130 valence electrons. The largest absolute Gasteiger partial charge is 0.435 e. The average Bonchev–Trinajstić information content (AvgIpc) is 3.03. The Kier molecular flexibility index (Phi) is 4.76. The number of carbonyl (C=O) groups is 1. The van der Waals surface area contributed by atoms with Crippen LogP contribution in [0.5, 0.6) is 5.75 Å². The van der Waals surface area contributed by atoms with Gasteiger partial charge in [0.15, 0.2) is 0 Å². The topological polar surface area (TPSA) is 65.9 Å².